The molecule has 0 aliphatic rings. The molecule has 0 aromatic heterocycles. The highest BCUT2D eigenvalue weighted by atomic mass is 19.4. The first-order valence-corrected chi connectivity index (χ1v) is 6.05. The van der Waals surface area contributed by atoms with Crippen LogP contribution in [0.15, 0.2) is 24.3 Å². The Morgan fingerprint density at radius 2 is 2.00 bits per heavy atom. The maximum absolute atomic E-state index is 12.0. The molecule has 1 aromatic carbocycles. The minimum Gasteiger partial charge on any atom is -0.406 e. The van der Waals surface area contributed by atoms with Gasteiger partial charge in [0, 0.05) is 20.3 Å². The Morgan fingerprint density at radius 1 is 1.21 bits per heavy atom. The third-order valence-corrected chi connectivity index (χ3v) is 2.41. The van der Waals surface area contributed by atoms with E-state index in [1.165, 1.54) is 12.1 Å². The smallest absolute Gasteiger partial charge is 0.406 e. The fourth-order valence-electron chi connectivity index (χ4n) is 1.58. The molecule has 0 radical (unpaired) electrons. The van der Waals surface area contributed by atoms with Gasteiger partial charge in [0.05, 0.1) is 0 Å². The zero-order valence-corrected chi connectivity index (χ0v) is 10.8. The largest absolute Gasteiger partial charge is 0.573 e. The van der Waals surface area contributed by atoms with Crippen molar-refractivity contribution in [3.63, 3.8) is 0 Å². The molecule has 0 saturated carbocycles. The van der Waals surface area contributed by atoms with Crippen LogP contribution < -0.4 is 10.1 Å². The molecule has 0 saturated heterocycles. The second-order valence-corrected chi connectivity index (χ2v) is 4.07. The third kappa shape index (κ3) is 7.69. The lowest BCUT2D eigenvalue weighted by atomic mass is 10.2. The van der Waals surface area contributed by atoms with Crippen LogP contribution in [-0.4, -0.2) is 26.6 Å². The molecule has 3 nitrogen and oxygen atoms in total. The molecule has 0 aliphatic carbocycles. The molecule has 108 valence electrons. The van der Waals surface area contributed by atoms with Crippen molar-refractivity contribution in [3.8, 4) is 5.75 Å². The average Bonchev–Trinajstić information content (AvgIpc) is 2.32. The molecule has 19 heavy (non-hydrogen) atoms. The van der Waals surface area contributed by atoms with E-state index in [0.717, 1.165) is 31.6 Å². The molecule has 1 rings (SSSR count). The summed E-state index contributed by atoms with van der Waals surface area (Å²) in [6.45, 7) is 2.03. The van der Waals surface area contributed by atoms with E-state index < -0.39 is 6.36 Å². The highest BCUT2D eigenvalue weighted by molar-refractivity contribution is 5.28. The van der Waals surface area contributed by atoms with E-state index in [2.05, 4.69) is 10.1 Å². The van der Waals surface area contributed by atoms with Crippen molar-refractivity contribution in [3.05, 3.63) is 29.8 Å². The van der Waals surface area contributed by atoms with Crippen LogP contribution in [0.4, 0.5) is 13.2 Å². The van der Waals surface area contributed by atoms with E-state index >= 15 is 0 Å². The first-order chi connectivity index (χ1) is 9.01. The van der Waals surface area contributed by atoms with Crippen LogP contribution in [-0.2, 0) is 11.3 Å². The Hall–Kier alpha value is -1.27. The van der Waals surface area contributed by atoms with Crippen molar-refractivity contribution in [1.29, 1.82) is 0 Å². The highest BCUT2D eigenvalue weighted by Crippen LogP contribution is 2.23. The summed E-state index contributed by atoms with van der Waals surface area (Å²) in [4.78, 5) is 0. The number of alkyl halides is 3. The zero-order chi connectivity index (χ0) is 14.1. The monoisotopic (exact) mass is 277 g/mol. The number of hydrogen-bond acceptors (Lipinski definition) is 3. The Bertz CT molecular complexity index is 369. The summed E-state index contributed by atoms with van der Waals surface area (Å²) in [5.41, 5.74) is 0.758. The summed E-state index contributed by atoms with van der Waals surface area (Å²) >= 11 is 0. The van der Waals surface area contributed by atoms with Crippen LogP contribution in [0.5, 0.6) is 5.75 Å². The van der Waals surface area contributed by atoms with Gasteiger partial charge in [-0.05, 0) is 37.1 Å². The first-order valence-electron chi connectivity index (χ1n) is 6.05. The quantitative estimate of drug-likeness (QED) is 0.741. The van der Waals surface area contributed by atoms with E-state index in [-0.39, 0.29) is 5.75 Å². The van der Waals surface area contributed by atoms with Gasteiger partial charge in [-0.3, -0.25) is 0 Å². The van der Waals surface area contributed by atoms with Gasteiger partial charge in [0.1, 0.15) is 5.75 Å². The molecule has 1 aromatic rings. The van der Waals surface area contributed by atoms with Gasteiger partial charge in [-0.1, -0.05) is 12.1 Å². The number of hydrogen-bond donors (Lipinski definition) is 1. The SMILES string of the molecule is COCCCCNCc1cccc(OC(F)(F)F)c1. The van der Waals surface area contributed by atoms with Gasteiger partial charge in [-0.15, -0.1) is 13.2 Å². The Balaban J connectivity index is 2.32. The Morgan fingerprint density at radius 3 is 2.68 bits per heavy atom. The Kier molecular flexibility index (Phi) is 6.66. The molecule has 0 spiro atoms. The van der Waals surface area contributed by atoms with Crippen molar-refractivity contribution in [2.24, 2.45) is 0 Å². The maximum atomic E-state index is 12.0. The van der Waals surface area contributed by atoms with Gasteiger partial charge >= 0.3 is 6.36 Å². The summed E-state index contributed by atoms with van der Waals surface area (Å²) in [5.74, 6) is -0.189. The highest BCUT2D eigenvalue weighted by Gasteiger charge is 2.31. The fourth-order valence-corrected chi connectivity index (χ4v) is 1.58. The molecule has 0 heterocycles. The van der Waals surface area contributed by atoms with Gasteiger partial charge in [-0.2, -0.15) is 0 Å². The standard InChI is InChI=1S/C13H18F3NO2/c1-18-8-3-2-7-17-10-11-5-4-6-12(9-11)19-13(14,15)16/h4-6,9,17H,2-3,7-8,10H2,1H3. The van der Waals surface area contributed by atoms with Gasteiger partial charge < -0.3 is 14.8 Å². The maximum Gasteiger partial charge on any atom is 0.573 e. The molecule has 0 unspecified atom stereocenters. The molecule has 0 bridgehead atoms. The van der Waals surface area contributed by atoms with Crippen LogP contribution >= 0.6 is 0 Å². The Labute approximate surface area is 110 Å². The summed E-state index contributed by atoms with van der Waals surface area (Å²) < 4.78 is 44.9. The molecule has 6 heteroatoms. The lowest BCUT2D eigenvalue weighted by molar-refractivity contribution is -0.274. The minimum absolute atomic E-state index is 0.189. The number of unbranched alkanes of at least 4 members (excludes halogenated alkanes) is 1. The number of ether oxygens (including phenoxy) is 2. The van der Waals surface area contributed by atoms with Crippen LogP contribution in [0.1, 0.15) is 18.4 Å². The van der Waals surface area contributed by atoms with Gasteiger partial charge in [0.15, 0.2) is 0 Å². The zero-order valence-electron chi connectivity index (χ0n) is 10.8. The van der Waals surface area contributed by atoms with Crippen molar-refractivity contribution in [2.75, 3.05) is 20.3 Å². The summed E-state index contributed by atoms with van der Waals surface area (Å²) in [6, 6.07) is 5.97. The van der Waals surface area contributed by atoms with Gasteiger partial charge in [0.25, 0.3) is 0 Å². The van der Waals surface area contributed by atoms with Crippen molar-refractivity contribution < 1.29 is 22.6 Å². The first kappa shape index (κ1) is 15.8. The van der Waals surface area contributed by atoms with Crippen LogP contribution in [0.3, 0.4) is 0 Å². The van der Waals surface area contributed by atoms with Crippen molar-refractivity contribution in [2.45, 2.75) is 25.7 Å². The average molecular weight is 277 g/mol. The summed E-state index contributed by atoms with van der Waals surface area (Å²) in [7, 11) is 1.65. The van der Waals surface area contributed by atoms with Gasteiger partial charge in [0.2, 0.25) is 0 Å². The molecule has 0 fully saturated rings. The predicted octanol–water partition coefficient (Wildman–Crippen LogP) is 3.10. The van der Waals surface area contributed by atoms with E-state index in [9.17, 15) is 13.2 Å². The molecule has 0 aliphatic heterocycles. The van der Waals surface area contributed by atoms with Crippen molar-refractivity contribution >= 4 is 0 Å². The molecular formula is C13H18F3NO2. The number of benzene rings is 1. The van der Waals surface area contributed by atoms with E-state index in [0.29, 0.717) is 6.54 Å². The lowest BCUT2D eigenvalue weighted by Gasteiger charge is -2.10. The van der Waals surface area contributed by atoms with Crippen molar-refractivity contribution in [1.82, 2.24) is 5.32 Å². The van der Waals surface area contributed by atoms with E-state index in [4.69, 9.17) is 4.74 Å². The van der Waals surface area contributed by atoms with E-state index in [1.54, 1.807) is 19.2 Å². The number of halogens is 3. The minimum atomic E-state index is -4.65. The second-order valence-electron chi connectivity index (χ2n) is 4.07. The predicted molar refractivity (Wildman–Crippen MR) is 65.9 cm³/mol. The fraction of sp³-hybridized carbons (Fsp3) is 0.538. The van der Waals surface area contributed by atoms with Crippen LogP contribution in [0, 0.1) is 0 Å². The molecule has 0 amide bonds. The van der Waals surface area contributed by atoms with Gasteiger partial charge in [-0.25, -0.2) is 0 Å². The summed E-state index contributed by atoms with van der Waals surface area (Å²) in [5, 5.41) is 3.16. The van der Waals surface area contributed by atoms with E-state index in [1.807, 2.05) is 0 Å². The summed E-state index contributed by atoms with van der Waals surface area (Å²) in [6.07, 6.45) is -2.72. The topological polar surface area (TPSA) is 30.5 Å². The normalized spacial score (nSPS) is 11.6. The second kappa shape index (κ2) is 8.01. The van der Waals surface area contributed by atoms with Crippen LogP contribution in [0.2, 0.25) is 0 Å². The number of rotatable bonds is 8. The number of nitrogens with one attached hydrogen (secondary N) is 1. The van der Waals surface area contributed by atoms with Crippen LogP contribution in [0.25, 0.3) is 0 Å². The molecule has 0 atom stereocenters. The number of methoxy groups -OCH3 is 1. The third-order valence-electron chi connectivity index (χ3n) is 2.41. The molecular weight excluding hydrogens is 259 g/mol. The lowest BCUT2D eigenvalue weighted by Crippen LogP contribution is -2.18. The molecule has 1 N–H and O–H groups in total.